The maximum absolute atomic E-state index is 10.0. The molecular weight excluding hydrogens is 168 g/mol. The maximum atomic E-state index is 10.0. The van der Waals surface area contributed by atoms with E-state index in [1.807, 2.05) is 30.3 Å². The van der Waals surface area contributed by atoms with Crippen molar-refractivity contribution in [3.8, 4) is 0 Å². The fourth-order valence-corrected chi connectivity index (χ4v) is 0.904. The van der Waals surface area contributed by atoms with Gasteiger partial charge >= 0.3 is 0 Å². The van der Waals surface area contributed by atoms with Gasteiger partial charge in [0.25, 0.3) is 6.20 Å². The highest BCUT2D eigenvalue weighted by atomic mass is 16.6. The molecule has 0 radical (unpaired) electrons. The zero-order valence-electron chi connectivity index (χ0n) is 7.25. The third-order valence-corrected chi connectivity index (χ3v) is 1.58. The van der Waals surface area contributed by atoms with Crippen molar-refractivity contribution < 1.29 is 4.92 Å². The Bertz CT molecular complexity index is 309. The van der Waals surface area contributed by atoms with Gasteiger partial charge in [-0.15, -0.1) is 0 Å². The van der Waals surface area contributed by atoms with Crippen LogP contribution in [0, 0.1) is 10.1 Å². The Morgan fingerprint density at radius 1 is 1.38 bits per heavy atom. The van der Waals surface area contributed by atoms with Gasteiger partial charge in [0.15, 0.2) is 0 Å². The van der Waals surface area contributed by atoms with Gasteiger partial charge in [-0.3, -0.25) is 10.1 Å². The molecule has 0 saturated heterocycles. The molecule has 0 atom stereocenters. The molecule has 0 spiro atoms. The van der Waals surface area contributed by atoms with Gasteiger partial charge < -0.3 is 4.90 Å². The Labute approximate surface area is 76.2 Å². The van der Waals surface area contributed by atoms with Crippen LogP contribution in [0.4, 0.5) is 5.69 Å². The minimum absolute atomic E-state index is 0.487. The van der Waals surface area contributed by atoms with Gasteiger partial charge in [0.2, 0.25) is 0 Å². The Morgan fingerprint density at radius 2 is 2.00 bits per heavy atom. The van der Waals surface area contributed by atoms with E-state index in [1.54, 1.807) is 11.9 Å². The molecule has 1 aromatic rings. The van der Waals surface area contributed by atoms with E-state index in [2.05, 4.69) is 0 Å². The largest absolute Gasteiger partial charge is 0.346 e. The predicted octanol–water partition coefficient (Wildman–Crippen LogP) is 1.87. The Kier molecular flexibility index (Phi) is 3.03. The first-order chi connectivity index (χ1) is 6.20. The lowest BCUT2D eigenvalue weighted by atomic mass is 10.3. The second-order valence-corrected chi connectivity index (χ2v) is 2.53. The molecule has 0 saturated carbocycles. The van der Waals surface area contributed by atoms with Crippen LogP contribution in [-0.4, -0.2) is 12.0 Å². The number of rotatable bonds is 3. The van der Waals surface area contributed by atoms with Crippen molar-refractivity contribution in [2.24, 2.45) is 0 Å². The maximum Gasteiger partial charge on any atom is 0.250 e. The molecule has 4 nitrogen and oxygen atoms in total. The van der Waals surface area contributed by atoms with E-state index >= 15 is 0 Å². The van der Waals surface area contributed by atoms with Crippen molar-refractivity contribution >= 4 is 5.69 Å². The number of benzene rings is 1. The summed E-state index contributed by atoms with van der Waals surface area (Å²) < 4.78 is 0. The molecular formula is C9H10N2O2. The lowest BCUT2D eigenvalue weighted by Crippen LogP contribution is -2.08. The summed E-state index contributed by atoms with van der Waals surface area (Å²) in [5.74, 6) is 0. The van der Waals surface area contributed by atoms with Crippen LogP contribution in [0.1, 0.15) is 0 Å². The lowest BCUT2D eigenvalue weighted by Gasteiger charge is -2.11. The first-order valence-electron chi connectivity index (χ1n) is 3.80. The highest BCUT2D eigenvalue weighted by Gasteiger charge is 1.95. The minimum Gasteiger partial charge on any atom is -0.346 e. The molecule has 1 rings (SSSR count). The summed E-state index contributed by atoms with van der Waals surface area (Å²) in [7, 11) is 1.76. The number of hydrogen-bond donors (Lipinski definition) is 0. The van der Waals surface area contributed by atoms with E-state index < -0.39 is 4.92 Å². The quantitative estimate of drug-likeness (QED) is 0.524. The first kappa shape index (κ1) is 9.25. The molecule has 68 valence electrons. The van der Waals surface area contributed by atoms with Gasteiger partial charge in [-0.1, -0.05) is 18.2 Å². The lowest BCUT2D eigenvalue weighted by molar-refractivity contribution is -0.402. The molecule has 0 aliphatic rings. The van der Waals surface area contributed by atoms with Gasteiger partial charge in [0.1, 0.15) is 0 Å². The first-order valence-corrected chi connectivity index (χ1v) is 3.80. The van der Waals surface area contributed by atoms with Crippen molar-refractivity contribution in [2.45, 2.75) is 0 Å². The van der Waals surface area contributed by atoms with Crippen LogP contribution in [-0.2, 0) is 0 Å². The second-order valence-electron chi connectivity index (χ2n) is 2.53. The molecule has 0 aliphatic carbocycles. The van der Waals surface area contributed by atoms with Gasteiger partial charge in [-0.25, -0.2) is 0 Å². The molecule has 4 heteroatoms. The van der Waals surface area contributed by atoms with Crippen molar-refractivity contribution in [1.82, 2.24) is 0 Å². The highest BCUT2D eigenvalue weighted by Crippen LogP contribution is 2.10. The molecule has 0 aliphatic heterocycles. The summed E-state index contributed by atoms with van der Waals surface area (Å²) in [6.07, 6.45) is 2.32. The molecule has 0 N–H and O–H groups in total. The molecule has 0 aromatic heterocycles. The van der Waals surface area contributed by atoms with Gasteiger partial charge in [0, 0.05) is 12.7 Å². The number of nitrogens with zero attached hydrogens (tertiary/aromatic N) is 2. The molecule has 13 heavy (non-hydrogen) atoms. The Morgan fingerprint density at radius 3 is 2.54 bits per heavy atom. The summed E-state index contributed by atoms with van der Waals surface area (Å²) in [4.78, 5) is 11.2. The third kappa shape index (κ3) is 2.94. The normalized spacial score (nSPS) is 10.2. The van der Waals surface area contributed by atoms with Crippen molar-refractivity contribution in [3.05, 3.63) is 52.8 Å². The van der Waals surface area contributed by atoms with Crippen molar-refractivity contribution in [1.29, 1.82) is 0 Å². The van der Waals surface area contributed by atoms with E-state index in [1.165, 1.54) is 6.20 Å². The molecule has 0 bridgehead atoms. The van der Waals surface area contributed by atoms with Crippen LogP contribution >= 0.6 is 0 Å². The summed E-state index contributed by atoms with van der Waals surface area (Å²) in [6, 6.07) is 9.42. The average Bonchev–Trinajstić information content (AvgIpc) is 2.15. The predicted molar refractivity (Wildman–Crippen MR) is 51.0 cm³/mol. The molecule has 0 amide bonds. The zero-order chi connectivity index (χ0) is 9.68. The highest BCUT2D eigenvalue weighted by molar-refractivity contribution is 5.47. The summed E-state index contributed by atoms with van der Waals surface area (Å²) in [5.41, 5.74) is 0.917. The van der Waals surface area contributed by atoms with Crippen molar-refractivity contribution in [2.75, 3.05) is 11.9 Å². The van der Waals surface area contributed by atoms with Crippen LogP contribution in [0.2, 0.25) is 0 Å². The SMILES string of the molecule is CN(C=C[N+](=O)[O-])c1ccccc1. The third-order valence-electron chi connectivity index (χ3n) is 1.58. The Hall–Kier alpha value is -1.84. The summed E-state index contributed by atoms with van der Waals surface area (Å²) in [5, 5.41) is 10.0. The van der Waals surface area contributed by atoms with Gasteiger partial charge in [0.05, 0.1) is 11.1 Å². The minimum atomic E-state index is -0.487. The molecule has 0 heterocycles. The molecule has 1 aromatic carbocycles. The zero-order valence-corrected chi connectivity index (χ0v) is 7.25. The number of nitro groups is 1. The Balaban J connectivity index is 2.69. The van der Waals surface area contributed by atoms with Gasteiger partial charge in [-0.2, -0.15) is 0 Å². The van der Waals surface area contributed by atoms with E-state index in [4.69, 9.17) is 0 Å². The van der Waals surface area contributed by atoms with E-state index in [-0.39, 0.29) is 0 Å². The van der Waals surface area contributed by atoms with Crippen LogP contribution in [0.3, 0.4) is 0 Å². The smallest absolute Gasteiger partial charge is 0.250 e. The van der Waals surface area contributed by atoms with Crippen LogP contribution in [0.15, 0.2) is 42.7 Å². The summed E-state index contributed by atoms with van der Waals surface area (Å²) >= 11 is 0. The van der Waals surface area contributed by atoms with Gasteiger partial charge in [-0.05, 0) is 12.1 Å². The van der Waals surface area contributed by atoms with E-state index in [0.717, 1.165) is 11.9 Å². The molecule has 0 unspecified atom stereocenters. The monoisotopic (exact) mass is 178 g/mol. The molecule has 0 fully saturated rings. The number of anilines is 1. The fourth-order valence-electron chi connectivity index (χ4n) is 0.904. The van der Waals surface area contributed by atoms with Crippen molar-refractivity contribution in [3.63, 3.8) is 0 Å². The fraction of sp³-hybridized carbons (Fsp3) is 0.111. The van der Waals surface area contributed by atoms with E-state index in [9.17, 15) is 10.1 Å². The second kappa shape index (κ2) is 4.25. The van der Waals surface area contributed by atoms with Crippen LogP contribution in [0.5, 0.6) is 0 Å². The van der Waals surface area contributed by atoms with Crippen LogP contribution in [0.25, 0.3) is 0 Å². The topological polar surface area (TPSA) is 46.4 Å². The number of hydrogen-bond acceptors (Lipinski definition) is 3. The summed E-state index contributed by atoms with van der Waals surface area (Å²) in [6.45, 7) is 0. The van der Waals surface area contributed by atoms with Crippen LogP contribution < -0.4 is 4.90 Å². The number of para-hydroxylation sites is 1. The average molecular weight is 178 g/mol. The standard InChI is InChI=1S/C9H10N2O2/c1-10(7-8-11(12)13)9-5-3-2-4-6-9/h2-8H,1H3. The van der Waals surface area contributed by atoms with E-state index in [0.29, 0.717) is 0 Å².